The number of methoxy groups -OCH3 is 1. The Hall–Kier alpha value is -0.0800. The van der Waals surface area contributed by atoms with Gasteiger partial charge in [0.2, 0.25) is 0 Å². The summed E-state index contributed by atoms with van der Waals surface area (Å²) in [7, 11) is 1.65. The minimum absolute atomic E-state index is 0.0243. The first-order valence-corrected chi connectivity index (χ1v) is 2.78. The summed E-state index contributed by atoms with van der Waals surface area (Å²) in [5.41, 5.74) is 0. The zero-order chi connectivity index (χ0) is 5.82. The van der Waals surface area contributed by atoms with E-state index in [1.54, 1.807) is 7.11 Å². The molecule has 1 aliphatic rings. The van der Waals surface area contributed by atoms with Gasteiger partial charge in [0.05, 0.1) is 6.61 Å². The SMILES string of the molecule is COC1C[C]CCO1. The van der Waals surface area contributed by atoms with Crippen molar-refractivity contribution >= 4 is 0 Å². The highest BCUT2D eigenvalue weighted by Gasteiger charge is 2.11. The maximum Gasteiger partial charge on any atom is 0.157 e. The fourth-order valence-corrected chi connectivity index (χ4v) is 0.693. The van der Waals surface area contributed by atoms with Crippen molar-refractivity contribution in [1.29, 1.82) is 0 Å². The highest BCUT2D eigenvalue weighted by molar-refractivity contribution is 4.70. The van der Waals surface area contributed by atoms with E-state index in [2.05, 4.69) is 6.42 Å². The number of hydrogen-bond acceptors (Lipinski definition) is 2. The number of rotatable bonds is 1. The Morgan fingerprint density at radius 1 is 1.75 bits per heavy atom. The minimum Gasteiger partial charge on any atom is -0.356 e. The van der Waals surface area contributed by atoms with Gasteiger partial charge >= 0.3 is 0 Å². The van der Waals surface area contributed by atoms with E-state index in [1.807, 2.05) is 0 Å². The lowest BCUT2D eigenvalue weighted by Gasteiger charge is -2.19. The smallest absolute Gasteiger partial charge is 0.157 e. The Kier molecular flexibility index (Phi) is 2.30. The fraction of sp³-hybridized carbons (Fsp3) is 0.833. The Morgan fingerprint density at radius 2 is 2.62 bits per heavy atom. The molecule has 2 heteroatoms. The molecule has 1 fully saturated rings. The molecule has 0 bridgehead atoms. The van der Waals surface area contributed by atoms with Crippen molar-refractivity contribution in [1.82, 2.24) is 0 Å². The predicted octanol–water partition coefficient (Wildman–Crippen LogP) is 0.851. The van der Waals surface area contributed by atoms with Crippen molar-refractivity contribution in [3.8, 4) is 0 Å². The van der Waals surface area contributed by atoms with Crippen LogP contribution in [0.1, 0.15) is 12.8 Å². The third-order valence-electron chi connectivity index (χ3n) is 1.16. The lowest BCUT2D eigenvalue weighted by atomic mass is 10.2. The molecule has 0 amide bonds. The van der Waals surface area contributed by atoms with E-state index in [0.717, 1.165) is 19.4 Å². The Morgan fingerprint density at radius 3 is 3.00 bits per heavy atom. The largest absolute Gasteiger partial charge is 0.356 e. The first-order valence-electron chi connectivity index (χ1n) is 2.78. The van der Waals surface area contributed by atoms with Crippen molar-refractivity contribution in [3.63, 3.8) is 0 Å². The molecule has 1 rings (SSSR count). The van der Waals surface area contributed by atoms with E-state index >= 15 is 0 Å². The molecule has 1 unspecified atom stereocenters. The van der Waals surface area contributed by atoms with Crippen molar-refractivity contribution in [2.75, 3.05) is 13.7 Å². The molecule has 0 spiro atoms. The second kappa shape index (κ2) is 3.05. The average molecular weight is 114 g/mol. The molecule has 0 aromatic carbocycles. The minimum atomic E-state index is -0.0243. The molecule has 1 saturated heterocycles. The van der Waals surface area contributed by atoms with Gasteiger partial charge in [0.25, 0.3) is 0 Å². The van der Waals surface area contributed by atoms with E-state index in [1.165, 1.54) is 0 Å². The van der Waals surface area contributed by atoms with Gasteiger partial charge in [-0.3, -0.25) is 0 Å². The van der Waals surface area contributed by atoms with Gasteiger partial charge in [-0.05, 0) is 12.8 Å². The summed E-state index contributed by atoms with van der Waals surface area (Å²) in [6, 6.07) is 0. The molecule has 8 heavy (non-hydrogen) atoms. The van der Waals surface area contributed by atoms with Gasteiger partial charge in [0, 0.05) is 13.5 Å². The highest BCUT2D eigenvalue weighted by Crippen LogP contribution is 2.10. The molecule has 2 nitrogen and oxygen atoms in total. The monoisotopic (exact) mass is 114 g/mol. The second-order valence-electron chi connectivity index (χ2n) is 1.74. The molecule has 46 valence electrons. The summed E-state index contributed by atoms with van der Waals surface area (Å²) < 4.78 is 10.0. The van der Waals surface area contributed by atoms with E-state index < -0.39 is 0 Å². The molecule has 0 aromatic rings. The first-order chi connectivity index (χ1) is 3.93. The van der Waals surface area contributed by atoms with Gasteiger partial charge < -0.3 is 9.47 Å². The third kappa shape index (κ3) is 1.46. The predicted molar refractivity (Wildman–Crippen MR) is 29.2 cm³/mol. The summed E-state index contributed by atoms with van der Waals surface area (Å²) in [5, 5.41) is 0. The molecule has 0 saturated carbocycles. The summed E-state index contributed by atoms with van der Waals surface area (Å²) in [5.74, 6) is 0. The highest BCUT2D eigenvalue weighted by atomic mass is 16.7. The van der Waals surface area contributed by atoms with Crippen molar-refractivity contribution < 1.29 is 9.47 Å². The molecule has 1 heterocycles. The summed E-state index contributed by atoms with van der Waals surface area (Å²) in [6.45, 7) is 0.762. The molecule has 0 aromatic heterocycles. The standard InChI is InChI=1S/C6H10O2/c1-7-6-4-2-3-5-8-6/h6H,3-5H2,1H3. The van der Waals surface area contributed by atoms with E-state index in [9.17, 15) is 0 Å². The van der Waals surface area contributed by atoms with Crippen LogP contribution in [0.15, 0.2) is 0 Å². The van der Waals surface area contributed by atoms with Crippen LogP contribution in [-0.4, -0.2) is 20.0 Å². The molecule has 2 radical (unpaired) electrons. The fourth-order valence-electron chi connectivity index (χ4n) is 0.693. The van der Waals surface area contributed by atoms with Crippen LogP contribution in [0.5, 0.6) is 0 Å². The Labute approximate surface area is 49.8 Å². The first kappa shape index (κ1) is 6.05. The van der Waals surface area contributed by atoms with Crippen molar-refractivity contribution in [3.05, 3.63) is 6.42 Å². The van der Waals surface area contributed by atoms with Crippen molar-refractivity contribution in [2.24, 2.45) is 0 Å². The summed E-state index contributed by atoms with van der Waals surface area (Å²) in [4.78, 5) is 0. The van der Waals surface area contributed by atoms with E-state index in [0.29, 0.717) is 0 Å². The van der Waals surface area contributed by atoms with Crippen LogP contribution in [0.4, 0.5) is 0 Å². The molecular weight excluding hydrogens is 104 g/mol. The molecular formula is C6H10O2. The molecule has 0 N–H and O–H groups in total. The van der Waals surface area contributed by atoms with Gasteiger partial charge in [-0.25, -0.2) is 0 Å². The molecule has 1 atom stereocenters. The van der Waals surface area contributed by atoms with Gasteiger partial charge in [-0.2, -0.15) is 0 Å². The van der Waals surface area contributed by atoms with Gasteiger partial charge in [0.1, 0.15) is 0 Å². The third-order valence-corrected chi connectivity index (χ3v) is 1.16. The van der Waals surface area contributed by atoms with Crippen LogP contribution in [0.2, 0.25) is 0 Å². The molecule has 0 aliphatic carbocycles. The van der Waals surface area contributed by atoms with E-state index in [-0.39, 0.29) is 6.29 Å². The normalized spacial score (nSPS) is 30.4. The summed E-state index contributed by atoms with van der Waals surface area (Å²) in [6.07, 6.45) is 4.87. The second-order valence-corrected chi connectivity index (χ2v) is 1.74. The Balaban J connectivity index is 2.13. The number of hydrogen-bond donors (Lipinski definition) is 0. The topological polar surface area (TPSA) is 18.5 Å². The maximum absolute atomic E-state index is 5.14. The van der Waals surface area contributed by atoms with Crippen LogP contribution in [0, 0.1) is 6.42 Å². The van der Waals surface area contributed by atoms with Crippen molar-refractivity contribution in [2.45, 2.75) is 19.1 Å². The van der Waals surface area contributed by atoms with Crippen LogP contribution in [-0.2, 0) is 9.47 Å². The van der Waals surface area contributed by atoms with Gasteiger partial charge in [0.15, 0.2) is 6.29 Å². The van der Waals surface area contributed by atoms with Gasteiger partial charge in [-0.1, -0.05) is 0 Å². The van der Waals surface area contributed by atoms with Gasteiger partial charge in [-0.15, -0.1) is 0 Å². The number of ether oxygens (including phenoxy) is 2. The zero-order valence-electron chi connectivity index (χ0n) is 5.02. The quantitative estimate of drug-likeness (QED) is 0.503. The van der Waals surface area contributed by atoms with Crippen LogP contribution < -0.4 is 0 Å². The average Bonchev–Trinajstić information content (AvgIpc) is 1.90. The maximum atomic E-state index is 5.14. The lowest BCUT2D eigenvalue weighted by Crippen LogP contribution is -2.20. The lowest BCUT2D eigenvalue weighted by molar-refractivity contribution is -0.134. The van der Waals surface area contributed by atoms with Crippen LogP contribution in [0.3, 0.4) is 0 Å². The summed E-state index contributed by atoms with van der Waals surface area (Å²) >= 11 is 0. The Bertz CT molecular complexity index is 57.5. The van der Waals surface area contributed by atoms with E-state index in [4.69, 9.17) is 9.47 Å². The van der Waals surface area contributed by atoms with Crippen LogP contribution >= 0.6 is 0 Å². The molecule has 1 aliphatic heterocycles. The zero-order valence-corrected chi connectivity index (χ0v) is 5.02. The van der Waals surface area contributed by atoms with Crippen LogP contribution in [0.25, 0.3) is 0 Å².